The number of esters is 1. The molecule has 154 valence electrons. The largest absolute Gasteiger partial charge is 0.497 e. The van der Waals surface area contributed by atoms with Gasteiger partial charge in [-0.05, 0) is 35.9 Å². The van der Waals surface area contributed by atoms with Crippen LogP contribution in [0.2, 0.25) is 0 Å². The molecule has 1 saturated heterocycles. The first-order chi connectivity index (χ1) is 14.4. The van der Waals surface area contributed by atoms with Crippen LogP contribution in [0, 0.1) is 0 Å². The summed E-state index contributed by atoms with van der Waals surface area (Å²) in [5.41, 5.74) is -0.710. The van der Waals surface area contributed by atoms with Crippen LogP contribution in [0.5, 0.6) is 11.6 Å². The van der Waals surface area contributed by atoms with E-state index in [1.807, 2.05) is 0 Å². The van der Waals surface area contributed by atoms with Gasteiger partial charge < -0.3 is 24.5 Å². The first-order valence-electron chi connectivity index (χ1n) is 9.06. The molecular weight excluding hydrogens is 390 g/mol. The molecule has 4 rings (SSSR count). The summed E-state index contributed by atoms with van der Waals surface area (Å²) in [5, 5.41) is 16.9. The van der Waals surface area contributed by atoms with E-state index in [2.05, 4.69) is 10.6 Å². The van der Waals surface area contributed by atoms with E-state index in [1.165, 1.54) is 30.9 Å². The molecule has 2 aromatic carbocycles. The van der Waals surface area contributed by atoms with Crippen LogP contribution in [-0.4, -0.2) is 41.8 Å². The van der Waals surface area contributed by atoms with Crippen LogP contribution >= 0.6 is 0 Å². The van der Waals surface area contributed by atoms with E-state index in [0.29, 0.717) is 22.3 Å². The first-order valence-corrected chi connectivity index (χ1v) is 9.06. The minimum absolute atomic E-state index is 0.0645. The van der Waals surface area contributed by atoms with E-state index in [-0.39, 0.29) is 12.4 Å². The van der Waals surface area contributed by atoms with Gasteiger partial charge in [-0.15, -0.1) is 0 Å². The molecule has 9 heteroatoms. The van der Waals surface area contributed by atoms with Crippen molar-refractivity contribution in [1.29, 1.82) is 0 Å². The van der Waals surface area contributed by atoms with Crippen LogP contribution in [-0.2, 0) is 21.6 Å². The quantitative estimate of drug-likeness (QED) is 0.437. The van der Waals surface area contributed by atoms with Crippen molar-refractivity contribution in [1.82, 2.24) is 15.2 Å². The van der Waals surface area contributed by atoms with Gasteiger partial charge in [-0.3, -0.25) is 10.1 Å². The number of imide groups is 1. The summed E-state index contributed by atoms with van der Waals surface area (Å²) in [6, 6.07) is 10.8. The Hall–Kier alpha value is -4.01. The number of rotatable bonds is 5. The van der Waals surface area contributed by atoms with Gasteiger partial charge in [0.15, 0.2) is 11.4 Å². The zero-order valence-corrected chi connectivity index (χ0v) is 16.3. The number of nitrogens with one attached hydrogen (secondary N) is 2. The van der Waals surface area contributed by atoms with Crippen molar-refractivity contribution in [2.75, 3.05) is 14.2 Å². The van der Waals surface area contributed by atoms with Crippen molar-refractivity contribution >= 4 is 28.7 Å². The predicted octanol–water partition coefficient (Wildman–Crippen LogP) is 1.88. The van der Waals surface area contributed by atoms with Crippen LogP contribution < -0.4 is 15.4 Å². The SMILES string of the molecule is COC(=O)c1ccc(C2(Cn3cc4ccc(OC)cc4c3O)NC(=O)NC2=O)cc1. The van der Waals surface area contributed by atoms with Gasteiger partial charge in [-0.2, -0.15) is 0 Å². The molecule has 1 unspecified atom stereocenters. The van der Waals surface area contributed by atoms with Crippen molar-refractivity contribution in [3.05, 3.63) is 59.8 Å². The Labute approximate surface area is 171 Å². The Morgan fingerprint density at radius 1 is 1.13 bits per heavy atom. The van der Waals surface area contributed by atoms with E-state index in [9.17, 15) is 19.5 Å². The second-order valence-electron chi connectivity index (χ2n) is 6.92. The van der Waals surface area contributed by atoms with Gasteiger partial charge in [0.2, 0.25) is 0 Å². The fourth-order valence-electron chi connectivity index (χ4n) is 3.63. The zero-order valence-electron chi connectivity index (χ0n) is 16.3. The molecule has 3 amide bonds. The van der Waals surface area contributed by atoms with Gasteiger partial charge in [0.25, 0.3) is 5.91 Å². The van der Waals surface area contributed by atoms with Crippen molar-refractivity contribution in [2.24, 2.45) is 0 Å². The lowest BCUT2D eigenvalue weighted by molar-refractivity contribution is -0.124. The number of aromatic hydroxyl groups is 1. The molecule has 1 atom stereocenters. The maximum Gasteiger partial charge on any atom is 0.337 e. The topological polar surface area (TPSA) is 119 Å². The first kappa shape index (κ1) is 19.3. The average molecular weight is 409 g/mol. The standard InChI is InChI=1S/C21H19N3O6/c1-29-15-8-5-13-10-24(17(25)16(13)9-15)11-21(19(27)22-20(28)23-21)14-6-3-12(4-7-14)18(26)30-2/h3-10,25H,11H2,1-2H3,(H2,22,23,27,28). The Morgan fingerprint density at radius 2 is 1.87 bits per heavy atom. The minimum atomic E-state index is -1.47. The molecule has 0 radical (unpaired) electrons. The van der Waals surface area contributed by atoms with E-state index < -0.39 is 23.4 Å². The van der Waals surface area contributed by atoms with Gasteiger partial charge in [0, 0.05) is 17.0 Å². The van der Waals surface area contributed by atoms with Crippen molar-refractivity contribution in [3.8, 4) is 11.6 Å². The van der Waals surface area contributed by atoms with Gasteiger partial charge in [0.05, 0.1) is 26.3 Å². The lowest BCUT2D eigenvalue weighted by Crippen LogP contribution is -2.47. The number of ether oxygens (including phenoxy) is 2. The highest BCUT2D eigenvalue weighted by Gasteiger charge is 2.48. The Kier molecular flexibility index (Phi) is 4.57. The molecular formula is C21H19N3O6. The Balaban J connectivity index is 1.78. The third-order valence-corrected chi connectivity index (χ3v) is 5.22. The molecule has 0 aliphatic carbocycles. The summed E-state index contributed by atoms with van der Waals surface area (Å²) >= 11 is 0. The van der Waals surface area contributed by atoms with Gasteiger partial charge in [-0.25, -0.2) is 9.59 Å². The summed E-state index contributed by atoms with van der Waals surface area (Å²) in [6.07, 6.45) is 1.69. The molecule has 0 saturated carbocycles. The second kappa shape index (κ2) is 7.11. The maximum atomic E-state index is 12.8. The van der Waals surface area contributed by atoms with E-state index in [0.717, 1.165) is 5.39 Å². The highest BCUT2D eigenvalue weighted by molar-refractivity contribution is 6.07. The molecule has 2 heterocycles. The zero-order chi connectivity index (χ0) is 21.5. The Morgan fingerprint density at radius 3 is 2.47 bits per heavy atom. The van der Waals surface area contributed by atoms with E-state index in [4.69, 9.17) is 9.47 Å². The number of fused-ring (bicyclic) bond motifs is 1. The fraction of sp³-hybridized carbons (Fsp3) is 0.190. The lowest BCUT2D eigenvalue weighted by Gasteiger charge is -2.27. The number of aromatic nitrogens is 1. The third-order valence-electron chi connectivity index (χ3n) is 5.22. The van der Waals surface area contributed by atoms with Crippen LogP contribution in [0.4, 0.5) is 4.79 Å². The monoisotopic (exact) mass is 409 g/mol. The van der Waals surface area contributed by atoms with Crippen LogP contribution in [0.15, 0.2) is 48.7 Å². The van der Waals surface area contributed by atoms with Crippen molar-refractivity contribution < 1.29 is 29.0 Å². The number of nitrogens with zero attached hydrogens (tertiary/aromatic N) is 1. The smallest absolute Gasteiger partial charge is 0.337 e. The summed E-state index contributed by atoms with van der Waals surface area (Å²) in [7, 11) is 2.80. The van der Waals surface area contributed by atoms with E-state index >= 15 is 0 Å². The van der Waals surface area contributed by atoms with Gasteiger partial charge >= 0.3 is 12.0 Å². The highest BCUT2D eigenvalue weighted by Crippen LogP contribution is 2.34. The molecule has 3 aromatic rings. The van der Waals surface area contributed by atoms with E-state index in [1.54, 1.807) is 36.5 Å². The summed E-state index contributed by atoms with van der Waals surface area (Å²) in [5.74, 6) is -0.564. The minimum Gasteiger partial charge on any atom is -0.497 e. The number of carbonyl (C=O) groups excluding carboxylic acids is 3. The number of urea groups is 1. The van der Waals surface area contributed by atoms with Crippen LogP contribution in [0.1, 0.15) is 15.9 Å². The third kappa shape index (κ3) is 3.00. The second-order valence-corrected chi connectivity index (χ2v) is 6.92. The van der Waals surface area contributed by atoms with Gasteiger partial charge in [-0.1, -0.05) is 12.1 Å². The number of carbonyl (C=O) groups is 3. The molecule has 1 aromatic heterocycles. The average Bonchev–Trinajstić information content (AvgIpc) is 3.22. The Bertz CT molecular complexity index is 1170. The molecule has 0 bridgehead atoms. The number of benzene rings is 2. The fourth-order valence-corrected chi connectivity index (χ4v) is 3.63. The molecule has 1 aliphatic heterocycles. The molecule has 1 fully saturated rings. The number of amides is 3. The molecule has 30 heavy (non-hydrogen) atoms. The number of methoxy groups -OCH3 is 2. The summed E-state index contributed by atoms with van der Waals surface area (Å²) in [4.78, 5) is 36.5. The summed E-state index contributed by atoms with van der Waals surface area (Å²) in [6.45, 7) is -0.0645. The molecule has 1 aliphatic rings. The van der Waals surface area contributed by atoms with Crippen LogP contribution in [0.3, 0.4) is 0 Å². The predicted molar refractivity (Wildman–Crippen MR) is 106 cm³/mol. The maximum absolute atomic E-state index is 12.8. The lowest BCUT2D eigenvalue weighted by atomic mass is 9.89. The highest BCUT2D eigenvalue weighted by atomic mass is 16.5. The van der Waals surface area contributed by atoms with Crippen molar-refractivity contribution in [3.63, 3.8) is 0 Å². The van der Waals surface area contributed by atoms with Gasteiger partial charge in [0.1, 0.15) is 5.75 Å². The number of hydrogen-bond donors (Lipinski definition) is 3. The van der Waals surface area contributed by atoms with Crippen molar-refractivity contribution in [2.45, 2.75) is 12.1 Å². The van der Waals surface area contributed by atoms with Crippen LogP contribution in [0.25, 0.3) is 10.8 Å². The normalized spacial score (nSPS) is 18.2. The summed E-state index contributed by atoms with van der Waals surface area (Å²) < 4.78 is 11.4. The molecule has 9 nitrogen and oxygen atoms in total. The number of hydrogen-bond acceptors (Lipinski definition) is 6. The molecule has 0 spiro atoms. The molecule has 3 N–H and O–H groups in total.